The van der Waals surface area contributed by atoms with Gasteiger partial charge in [-0.15, -0.1) is 11.3 Å². The number of ether oxygens (including phenoxy) is 1. The third-order valence-corrected chi connectivity index (χ3v) is 3.17. The first-order valence-corrected chi connectivity index (χ1v) is 5.49. The monoisotopic (exact) mass is 239 g/mol. The first kappa shape index (κ1) is 10.8. The molecule has 1 amide bonds. The van der Waals surface area contributed by atoms with Gasteiger partial charge in [-0.2, -0.15) is 0 Å². The van der Waals surface area contributed by atoms with Crippen molar-refractivity contribution in [3.05, 3.63) is 16.3 Å². The van der Waals surface area contributed by atoms with E-state index < -0.39 is 5.97 Å². The molecule has 1 aliphatic heterocycles. The van der Waals surface area contributed by atoms with Gasteiger partial charge in [0.1, 0.15) is 4.88 Å². The molecule has 2 rings (SSSR count). The van der Waals surface area contributed by atoms with Crippen LogP contribution in [0.4, 0.5) is 5.69 Å². The number of hydrogen-bond donors (Lipinski definition) is 0. The smallest absolute Gasteiger partial charge is 0.350 e. The highest BCUT2D eigenvalue weighted by Crippen LogP contribution is 2.29. The highest BCUT2D eigenvalue weighted by molar-refractivity contribution is 7.12. The van der Waals surface area contributed by atoms with Crippen LogP contribution in [0.3, 0.4) is 0 Å². The minimum absolute atomic E-state index is 0.0412. The molecule has 5 nitrogen and oxygen atoms in total. The summed E-state index contributed by atoms with van der Waals surface area (Å²) in [5.41, 5.74) is 0.465. The third-order valence-electron chi connectivity index (χ3n) is 2.29. The van der Waals surface area contributed by atoms with Gasteiger partial charge in [-0.3, -0.25) is 9.59 Å². The molecule has 0 saturated carbocycles. The highest BCUT2D eigenvalue weighted by Gasteiger charge is 2.31. The lowest BCUT2D eigenvalue weighted by Gasteiger charge is -2.14. The summed E-state index contributed by atoms with van der Waals surface area (Å²) in [5, 5.41) is 1.69. The van der Waals surface area contributed by atoms with E-state index in [-0.39, 0.29) is 24.7 Å². The first-order chi connectivity index (χ1) is 7.63. The normalized spacial score (nSPS) is 15.7. The van der Waals surface area contributed by atoms with E-state index in [1.54, 1.807) is 11.4 Å². The van der Waals surface area contributed by atoms with E-state index in [4.69, 9.17) is 0 Å². The zero-order valence-corrected chi connectivity index (χ0v) is 9.37. The zero-order chi connectivity index (χ0) is 11.7. The molecule has 6 heteroatoms. The molecule has 0 atom stereocenters. The lowest BCUT2D eigenvalue weighted by Crippen LogP contribution is -2.25. The van der Waals surface area contributed by atoms with Gasteiger partial charge in [0.25, 0.3) is 0 Å². The van der Waals surface area contributed by atoms with Crippen LogP contribution in [0.5, 0.6) is 0 Å². The van der Waals surface area contributed by atoms with Crippen molar-refractivity contribution >= 4 is 34.7 Å². The van der Waals surface area contributed by atoms with Gasteiger partial charge in [0.15, 0.2) is 5.78 Å². The van der Waals surface area contributed by atoms with Crippen LogP contribution in [-0.2, 0) is 14.3 Å². The van der Waals surface area contributed by atoms with Crippen molar-refractivity contribution in [1.29, 1.82) is 0 Å². The molecule has 84 valence electrons. The van der Waals surface area contributed by atoms with Gasteiger partial charge in [-0.25, -0.2) is 4.79 Å². The second-order valence-electron chi connectivity index (χ2n) is 3.32. The summed E-state index contributed by atoms with van der Waals surface area (Å²) in [5.74, 6) is -0.891. The Morgan fingerprint density at radius 1 is 1.50 bits per heavy atom. The Morgan fingerprint density at radius 2 is 2.25 bits per heavy atom. The maximum atomic E-state index is 11.5. The van der Waals surface area contributed by atoms with Gasteiger partial charge in [-0.05, 0) is 11.4 Å². The molecule has 0 N–H and O–H groups in total. The Bertz CT molecular complexity index is 465. The Kier molecular flexibility index (Phi) is 2.74. The number of esters is 1. The van der Waals surface area contributed by atoms with Crippen LogP contribution in [0, 0.1) is 0 Å². The Morgan fingerprint density at radius 3 is 2.81 bits per heavy atom. The zero-order valence-electron chi connectivity index (χ0n) is 8.56. The second kappa shape index (κ2) is 4.05. The van der Waals surface area contributed by atoms with E-state index in [0.717, 1.165) is 0 Å². The number of amides is 1. The molecular weight excluding hydrogens is 230 g/mol. The van der Waals surface area contributed by atoms with E-state index in [1.807, 2.05) is 0 Å². The van der Waals surface area contributed by atoms with E-state index in [0.29, 0.717) is 10.6 Å². The van der Waals surface area contributed by atoms with E-state index in [9.17, 15) is 14.4 Å². The van der Waals surface area contributed by atoms with Crippen molar-refractivity contribution in [3.63, 3.8) is 0 Å². The lowest BCUT2D eigenvalue weighted by molar-refractivity contribution is -0.121. The number of rotatable bonds is 2. The average molecular weight is 239 g/mol. The van der Waals surface area contributed by atoms with Crippen molar-refractivity contribution < 1.29 is 19.1 Å². The summed E-state index contributed by atoms with van der Waals surface area (Å²) in [7, 11) is 1.28. The average Bonchev–Trinajstić information content (AvgIpc) is 2.83. The van der Waals surface area contributed by atoms with Crippen molar-refractivity contribution in [2.45, 2.75) is 6.42 Å². The van der Waals surface area contributed by atoms with Crippen LogP contribution in [-0.4, -0.2) is 31.3 Å². The predicted molar refractivity (Wildman–Crippen MR) is 57.6 cm³/mol. The number of methoxy groups -OCH3 is 1. The van der Waals surface area contributed by atoms with Crippen LogP contribution in [0.15, 0.2) is 11.4 Å². The number of carbonyl (C=O) groups is 3. The predicted octanol–water partition coefficient (Wildman–Crippen LogP) is 0.841. The quantitative estimate of drug-likeness (QED) is 0.566. The largest absolute Gasteiger partial charge is 0.465 e. The summed E-state index contributed by atoms with van der Waals surface area (Å²) in [6.07, 6.45) is -0.0868. The van der Waals surface area contributed by atoms with E-state index in [2.05, 4.69) is 4.74 Å². The topological polar surface area (TPSA) is 63.7 Å². The van der Waals surface area contributed by atoms with Gasteiger partial charge >= 0.3 is 5.97 Å². The van der Waals surface area contributed by atoms with E-state index >= 15 is 0 Å². The Labute approximate surface area is 95.6 Å². The van der Waals surface area contributed by atoms with Gasteiger partial charge < -0.3 is 9.64 Å². The molecular formula is C10H9NO4S. The van der Waals surface area contributed by atoms with Gasteiger partial charge in [0.05, 0.1) is 25.8 Å². The maximum absolute atomic E-state index is 11.5. The van der Waals surface area contributed by atoms with Crippen molar-refractivity contribution in [1.82, 2.24) is 0 Å². The number of nitrogens with zero attached hydrogens (tertiary/aromatic N) is 1. The van der Waals surface area contributed by atoms with Crippen molar-refractivity contribution in [3.8, 4) is 0 Å². The molecule has 0 aromatic carbocycles. The van der Waals surface area contributed by atoms with E-state index in [1.165, 1.54) is 23.3 Å². The summed E-state index contributed by atoms with van der Waals surface area (Å²) in [4.78, 5) is 35.7. The minimum atomic E-state index is -0.489. The highest BCUT2D eigenvalue weighted by atomic mass is 32.1. The van der Waals surface area contributed by atoms with Crippen LogP contribution >= 0.6 is 11.3 Å². The fourth-order valence-electron chi connectivity index (χ4n) is 1.56. The molecule has 1 aromatic rings. The van der Waals surface area contributed by atoms with Gasteiger partial charge in [0.2, 0.25) is 5.91 Å². The van der Waals surface area contributed by atoms with Gasteiger partial charge in [0, 0.05) is 0 Å². The van der Waals surface area contributed by atoms with Crippen LogP contribution in [0.1, 0.15) is 16.1 Å². The molecule has 16 heavy (non-hydrogen) atoms. The number of ketones is 1. The lowest BCUT2D eigenvalue weighted by atomic mass is 10.3. The summed E-state index contributed by atoms with van der Waals surface area (Å²) in [6.45, 7) is 0.0412. The number of thiophene rings is 1. The molecule has 0 radical (unpaired) electrons. The Hall–Kier alpha value is -1.69. The fraction of sp³-hybridized carbons (Fsp3) is 0.300. The van der Waals surface area contributed by atoms with Gasteiger partial charge in [-0.1, -0.05) is 0 Å². The molecule has 0 spiro atoms. The SMILES string of the molecule is COC(=O)c1sccc1N1CC(=O)CC1=O. The number of anilines is 1. The number of hydrogen-bond acceptors (Lipinski definition) is 5. The molecule has 2 heterocycles. The molecule has 1 aromatic heterocycles. The van der Waals surface area contributed by atoms with Crippen LogP contribution < -0.4 is 4.90 Å². The van der Waals surface area contributed by atoms with Crippen molar-refractivity contribution in [2.75, 3.05) is 18.6 Å². The maximum Gasteiger partial charge on any atom is 0.350 e. The summed E-state index contributed by atoms with van der Waals surface area (Å²) in [6, 6.07) is 1.65. The minimum Gasteiger partial charge on any atom is -0.465 e. The molecule has 1 fully saturated rings. The standard InChI is InChI=1S/C10H9NO4S/c1-15-10(14)9-7(2-3-16-9)11-5-6(12)4-8(11)13/h2-3H,4-5H2,1H3. The molecule has 1 aliphatic rings. The molecule has 0 bridgehead atoms. The number of carbonyl (C=O) groups excluding carboxylic acids is 3. The van der Waals surface area contributed by atoms with Crippen molar-refractivity contribution in [2.24, 2.45) is 0 Å². The molecule has 1 saturated heterocycles. The second-order valence-corrected chi connectivity index (χ2v) is 4.24. The third kappa shape index (κ3) is 1.71. The van der Waals surface area contributed by atoms with Crippen LogP contribution in [0.2, 0.25) is 0 Å². The first-order valence-electron chi connectivity index (χ1n) is 4.61. The number of Topliss-reactive ketones (excluding diaryl/α,β-unsaturated/α-hetero) is 1. The summed E-state index contributed by atoms with van der Waals surface area (Å²) >= 11 is 1.19. The molecule has 0 unspecified atom stereocenters. The van der Waals surface area contributed by atoms with Crippen LogP contribution in [0.25, 0.3) is 0 Å². The molecule has 0 aliphatic carbocycles. The Balaban J connectivity index is 2.34. The fourth-order valence-corrected chi connectivity index (χ4v) is 2.38. The summed E-state index contributed by atoms with van der Waals surface area (Å²) < 4.78 is 4.61.